The number of carbonyl (C=O) groups excluding carboxylic acids is 1. The van der Waals surface area contributed by atoms with Crippen LogP contribution in [0.1, 0.15) is 56.0 Å². The van der Waals surface area contributed by atoms with Crippen molar-refractivity contribution >= 4 is 11.8 Å². The molecule has 0 spiro atoms. The van der Waals surface area contributed by atoms with Crippen molar-refractivity contribution < 1.29 is 14.7 Å². The van der Waals surface area contributed by atoms with Crippen LogP contribution in [0.25, 0.3) is 0 Å². The van der Waals surface area contributed by atoms with Gasteiger partial charge in [-0.2, -0.15) is 0 Å². The Labute approximate surface area is 108 Å². The van der Waals surface area contributed by atoms with Crippen LogP contribution in [0.2, 0.25) is 0 Å². The summed E-state index contributed by atoms with van der Waals surface area (Å²) < 4.78 is 0. The molecule has 1 rings (SSSR count). The Balaban J connectivity index is 2.99. The lowest BCUT2D eigenvalue weighted by Gasteiger charge is -2.18. The monoisotopic (exact) mass is 248 g/mol. The SMILES string of the molecule is CCC(C)c1ccc(C(=O)C(C)(C)C(=O)O)cc1. The van der Waals surface area contributed by atoms with Crippen molar-refractivity contribution in [1.82, 2.24) is 0 Å². The summed E-state index contributed by atoms with van der Waals surface area (Å²) in [4.78, 5) is 23.1. The van der Waals surface area contributed by atoms with Gasteiger partial charge in [-0.15, -0.1) is 0 Å². The lowest BCUT2D eigenvalue weighted by molar-refractivity contribution is -0.144. The molecule has 1 aromatic carbocycles. The number of hydrogen-bond acceptors (Lipinski definition) is 2. The van der Waals surface area contributed by atoms with Gasteiger partial charge in [-0.3, -0.25) is 9.59 Å². The van der Waals surface area contributed by atoms with Crippen molar-refractivity contribution in [3.8, 4) is 0 Å². The molecule has 0 aromatic heterocycles. The van der Waals surface area contributed by atoms with Crippen LogP contribution in [0.4, 0.5) is 0 Å². The molecule has 3 heteroatoms. The van der Waals surface area contributed by atoms with Crippen LogP contribution in [0.15, 0.2) is 24.3 Å². The van der Waals surface area contributed by atoms with Crippen LogP contribution in [-0.2, 0) is 4.79 Å². The Morgan fingerprint density at radius 1 is 1.22 bits per heavy atom. The Hall–Kier alpha value is -1.64. The van der Waals surface area contributed by atoms with Crippen molar-refractivity contribution in [2.45, 2.75) is 40.0 Å². The molecular formula is C15H20O3. The maximum Gasteiger partial charge on any atom is 0.316 e. The number of carboxylic acids is 1. The van der Waals surface area contributed by atoms with Gasteiger partial charge in [0.25, 0.3) is 0 Å². The molecule has 0 heterocycles. The molecule has 3 nitrogen and oxygen atoms in total. The Morgan fingerprint density at radius 3 is 2.11 bits per heavy atom. The number of rotatable bonds is 5. The summed E-state index contributed by atoms with van der Waals surface area (Å²) in [6.07, 6.45) is 1.04. The third-order valence-corrected chi connectivity index (χ3v) is 3.46. The number of hydrogen-bond donors (Lipinski definition) is 1. The summed E-state index contributed by atoms with van der Waals surface area (Å²) in [5.41, 5.74) is 0.245. The number of carboxylic acid groups (broad SMARTS) is 1. The minimum absolute atomic E-state index is 0.356. The van der Waals surface area contributed by atoms with Crippen LogP contribution in [0.5, 0.6) is 0 Å². The second-order valence-corrected chi connectivity index (χ2v) is 5.19. The van der Waals surface area contributed by atoms with Gasteiger partial charge in [-0.1, -0.05) is 38.1 Å². The zero-order valence-corrected chi connectivity index (χ0v) is 11.4. The van der Waals surface area contributed by atoms with E-state index in [1.165, 1.54) is 19.4 Å². The minimum Gasteiger partial charge on any atom is -0.481 e. The predicted molar refractivity (Wildman–Crippen MR) is 70.9 cm³/mol. The van der Waals surface area contributed by atoms with Gasteiger partial charge >= 0.3 is 5.97 Å². The standard InChI is InChI=1S/C15H20O3/c1-5-10(2)11-6-8-12(9-7-11)13(16)15(3,4)14(17)18/h6-10H,5H2,1-4H3,(H,17,18). The summed E-state index contributed by atoms with van der Waals surface area (Å²) in [5.74, 6) is -1.01. The van der Waals surface area contributed by atoms with E-state index in [2.05, 4.69) is 13.8 Å². The molecule has 1 aromatic rings. The third-order valence-electron chi connectivity index (χ3n) is 3.46. The van der Waals surface area contributed by atoms with E-state index in [9.17, 15) is 9.59 Å². The molecule has 98 valence electrons. The Kier molecular flexibility index (Phi) is 4.28. The molecule has 0 saturated carbocycles. The molecule has 0 bridgehead atoms. The first-order chi connectivity index (χ1) is 8.30. The van der Waals surface area contributed by atoms with Gasteiger partial charge in [-0.25, -0.2) is 0 Å². The summed E-state index contributed by atoms with van der Waals surface area (Å²) in [5, 5.41) is 9.03. The fourth-order valence-corrected chi connectivity index (χ4v) is 1.66. The quantitative estimate of drug-likeness (QED) is 0.641. The number of benzene rings is 1. The molecule has 0 aliphatic heterocycles. The van der Waals surface area contributed by atoms with Crippen molar-refractivity contribution in [3.63, 3.8) is 0 Å². The first-order valence-electron chi connectivity index (χ1n) is 6.18. The maximum atomic E-state index is 12.1. The Bertz CT molecular complexity index is 443. The van der Waals surface area contributed by atoms with Gasteiger partial charge in [-0.05, 0) is 31.7 Å². The summed E-state index contributed by atoms with van der Waals surface area (Å²) in [6, 6.07) is 7.24. The fourth-order valence-electron chi connectivity index (χ4n) is 1.66. The first-order valence-corrected chi connectivity index (χ1v) is 6.18. The van der Waals surface area contributed by atoms with Gasteiger partial charge < -0.3 is 5.11 Å². The molecular weight excluding hydrogens is 228 g/mol. The summed E-state index contributed by atoms with van der Waals surface area (Å²) in [6.45, 7) is 7.09. The van der Waals surface area contributed by atoms with Crippen LogP contribution >= 0.6 is 0 Å². The number of ketones is 1. The van der Waals surface area contributed by atoms with Crippen LogP contribution in [0, 0.1) is 5.41 Å². The first kappa shape index (κ1) is 14.4. The van der Waals surface area contributed by atoms with E-state index in [-0.39, 0.29) is 5.78 Å². The van der Waals surface area contributed by atoms with Crippen molar-refractivity contribution in [2.24, 2.45) is 5.41 Å². The van der Waals surface area contributed by atoms with Crippen molar-refractivity contribution in [3.05, 3.63) is 35.4 Å². The second kappa shape index (κ2) is 5.34. The molecule has 1 atom stereocenters. The van der Waals surface area contributed by atoms with E-state index in [1.807, 2.05) is 12.1 Å². The molecule has 0 aliphatic rings. The Morgan fingerprint density at radius 2 is 1.72 bits per heavy atom. The third kappa shape index (κ3) is 2.78. The largest absolute Gasteiger partial charge is 0.481 e. The van der Waals surface area contributed by atoms with Crippen LogP contribution in [0.3, 0.4) is 0 Å². The average Bonchev–Trinajstić information content (AvgIpc) is 2.36. The smallest absolute Gasteiger partial charge is 0.316 e. The molecule has 0 radical (unpaired) electrons. The minimum atomic E-state index is -1.38. The zero-order valence-electron chi connectivity index (χ0n) is 11.4. The molecule has 0 fully saturated rings. The van der Waals surface area contributed by atoms with Crippen molar-refractivity contribution in [1.29, 1.82) is 0 Å². The van der Waals surface area contributed by atoms with Crippen LogP contribution in [-0.4, -0.2) is 16.9 Å². The number of carbonyl (C=O) groups is 2. The zero-order chi connectivity index (χ0) is 13.9. The van der Waals surface area contributed by atoms with E-state index in [0.717, 1.165) is 6.42 Å². The van der Waals surface area contributed by atoms with Gasteiger partial charge in [0.2, 0.25) is 0 Å². The van der Waals surface area contributed by atoms with Gasteiger partial charge in [0.1, 0.15) is 5.41 Å². The van der Waals surface area contributed by atoms with Gasteiger partial charge in [0.15, 0.2) is 5.78 Å². The highest BCUT2D eigenvalue weighted by molar-refractivity contribution is 6.11. The number of aliphatic carboxylic acids is 1. The fraction of sp³-hybridized carbons (Fsp3) is 0.467. The van der Waals surface area contributed by atoms with E-state index in [4.69, 9.17) is 5.11 Å². The maximum absolute atomic E-state index is 12.1. The van der Waals surface area contributed by atoms with E-state index < -0.39 is 11.4 Å². The lowest BCUT2D eigenvalue weighted by Crippen LogP contribution is -2.33. The van der Waals surface area contributed by atoms with Gasteiger partial charge in [0, 0.05) is 5.56 Å². The highest BCUT2D eigenvalue weighted by atomic mass is 16.4. The van der Waals surface area contributed by atoms with Crippen molar-refractivity contribution in [2.75, 3.05) is 0 Å². The van der Waals surface area contributed by atoms with E-state index in [1.54, 1.807) is 12.1 Å². The molecule has 0 aliphatic carbocycles. The topological polar surface area (TPSA) is 54.4 Å². The molecule has 1 unspecified atom stereocenters. The molecule has 0 saturated heterocycles. The van der Waals surface area contributed by atoms with Gasteiger partial charge in [0.05, 0.1) is 0 Å². The van der Waals surface area contributed by atoms with Crippen LogP contribution < -0.4 is 0 Å². The number of Topliss-reactive ketones (excluding diaryl/α,β-unsaturated/α-hetero) is 1. The predicted octanol–water partition coefficient (Wildman–Crippen LogP) is 3.49. The molecule has 18 heavy (non-hydrogen) atoms. The summed E-state index contributed by atoms with van der Waals surface area (Å²) >= 11 is 0. The highest BCUT2D eigenvalue weighted by Crippen LogP contribution is 2.24. The highest BCUT2D eigenvalue weighted by Gasteiger charge is 2.36. The summed E-state index contributed by atoms with van der Waals surface area (Å²) in [7, 11) is 0. The lowest BCUT2D eigenvalue weighted by atomic mass is 9.84. The average molecular weight is 248 g/mol. The van der Waals surface area contributed by atoms with E-state index in [0.29, 0.717) is 11.5 Å². The van der Waals surface area contributed by atoms with E-state index >= 15 is 0 Å². The normalized spacial score (nSPS) is 13.1. The molecule has 0 amide bonds. The molecule has 1 N–H and O–H groups in total. The second-order valence-electron chi connectivity index (χ2n) is 5.19.